The Labute approximate surface area is 87.7 Å². The maximum Gasteiger partial charge on any atom is 0.271 e. The molecule has 0 saturated carbocycles. The molecule has 0 fully saturated rings. The highest BCUT2D eigenvalue weighted by Gasteiger charge is 2.15. The number of aromatic amines is 1. The minimum Gasteiger partial charge on any atom is -0.354 e. The van der Waals surface area contributed by atoms with Gasteiger partial charge in [0.1, 0.15) is 5.69 Å². The fourth-order valence-electron chi connectivity index (χ4n) is 1.02. The van der Waals surface area contributed by atoms with Crippen LogP contribution in [-0.4, -0.2) is 47.6 Å². The van der Waals surface area contributed by atoms with Gasteiger partial charge in [-0.25, -0.2) is 0 Å². The Kier molecular flexibility index (Phi) is 3.43. The molecule has 0 aliphatic carbocycles. The van der Waals surface area contributed by atoms with Crippen molar-refractivity contribution in [3.05, 3.63) is 17.5 Å². The number of rotatable bonds is 3. The summed E-state index contributed by atoms with van der Waals surface area (Å²) in [5.74, 6) is -0.496. The summed E-state index contributed by atoms with van der Waals surface area (Å²) < 4.78 is 0. The van der Waals surface area contributed by atoms with E-state index in [2.05, 4.69) is 15.5 Å². The van der Waals surface area contributed by atoms with Crippen molar-refractivity contribution in [3.63, 3.8) is 0 Å². The summed E-state index contributed by atoms with van der Waals surface area (Å²) in [6.07, 6.45) is 0. The van der Waals surface area contributed by atoms with Crippen LogP contribution >= 0.6 is 0 Å². The van der Waals surface area contributed by atoms with Crippen molar-refractivity contribution in [1.82, 2.24) is 20.4 Å². The quantitative estimate of drug-likeness (QED) is 0.729. The van der Waals surface area contributed by atoms with Gasteiger partial charge in [-0.15, -0.1) is 0 Å². The minimum absolute atomic E-state index is 0.180. The van der Waals surface area contributed by atoms with Crippen LogP contribution in [0.1, 0.15) is 27.9 Å². The lowest BCUT2D eigenvalue weighted by molar-refractivity contribution is 0.0796. The van der Waals surface area contributed by atoms with Crippen molar-refractivity contribution in [2.75, 3.05) is 20.6 Å². The lowest BCUT2D eigenvalue weighted by Gasteiger charge is -2.11. The van der Waals surface area contributed by atoms with Gasteiger partial charge in [0.05, 0.1) is 0 Å². The fourth-order valence-corrected chi connectivity index (χ4v) is 1.02. The van der Waals surface area contributed by atoms with Gasteiger partial charge in [0.15, 0.2) is 5.69 Å². The minimum atomic E-state index is -0.315. The van der Waals surface area contributed by atoms with Crippen molar-refractivity contribution in [3.8, 4) is 0 Å². The van der Waals surface area contributed by atoms with Crippen LogP contribution in [0.5, 0.6) is 0 Å². The number of nitrogens with one attached hydrogen (secondary N) is 2. The standard InChI is InChI=1S/C9H14N4O2/c1-4-13(3)9(15)7-5-6(11-12-7)8(14)10-2/h5H,4H2,1-3H3,(H,10,14)(H,11,12). The number of aromatic nitrogens is 2. The maximum atomic E-state index is 11.6. The maximum absolute atomic E-state index is 11.6. The predicted octanol–water partition coefficient (Wildman–Crippen LogP) is -0.139. The summed E-state index contributed by atoms with van der Waals surface area (Å²) >= 11 is 0. The molecule has 0 spiro atoms. The van der Waals surface area contributed by atoms with Gasteiger partial charge in [0, 0.05) is 26.7 Å². The van der Waals surface area contributed by atoms with Gasteiger partial charge < -0.3 is 10.2 Å². The first kappa shape index (κ1) is 11.2. The Hall–Kier alpha value is -1.85. The molecule has 0 aromatic carbocycles. The van der Waals surface area contributed by atoms with Crippen LogP contribution in [0.3, 0.4) is 0 Å². The zero-order valence-electron chi connectivity index (χ0n) is 9.00. The van der Waals surface area contributed by atoms with E-state index in [-0.39, 0.29) is 17.5 Å². The monoisotopic (exact) mass is 210 g/mol. The number of nitrogens with zero attached hydrogens (tertiary/aromatic N) is 2. The molecule has 0 saturated heterocycles. The summed E-state index contributed by atoms with van der Waals surface area (Å²) in [6, 6.07) is 1.44. The largest absolute Gasteiger partial charge is 0.354 e. The molecule has 0 bridgehead atoms. The van der Waals surface area contributed by atoms with Gasteiger partial charge in [-0.2, -0.15) is 5.10 Å². The molecule has 0 unspecified atom stereocenters. The molecule has 0 aliphatic rings. The molecule has 1 aromatic heterocycles. The second kappa shape index (κ2) is 4.59. The summed E-state index contributed by atoms with van der Waals surface area (Å²) in [6.45, 7) is 2.47. The van der Waals surface area contributed by atoms with E-state index in [0.29, 0.717) is 12.2 Å². The zero-order chi connectivity index (χ0) is 11.4. The van der Waals surface area contributed by atoms with Gasteiger partial charge in [-0.1, -0.05) is 0 Å². The van der Waals surface area contributed by atoms with Gasteiger partial charge in [0.2, 0.25) is 0 Å². The molecular weight excluding hydrogens is 196 g/mol. The molecular formula is C9H14N4O2. The first-order chi connectivity index (χ1) is 7.10. The molecule has 1 aromatic rings. The Balaban J connectivity index is 2.84. The number of carbonyl (C=O) groups is 2. The summed E-state index contributed by atoms with van der Waals surface area (Å²) in [5, 5.41) is 8.70. The highest BCUT2D eigenvalue weighted by molar-refractivity contribution is 5.97. The zero-order valence-corrected chi connectivity index (χ0v) is 9.00. The van der Waals surface area contributed by atoms with Gasteiger partial charge >= 0.3 is 0 Å². The molecule has 0 atom stereocenters. The molecule has 0 aliphatic heterocycles. The van der Waals surface area contributed by atoms with E-state index in [1.54, 1.807) is 7.05 Å². The summed E-state index contributed by atoms with van der Waals surface area (Å²) in [5.41, 5.74) is 0.531. The Morgan fingerprint density at radius 3 is 2.80 bits per heavy atom. The van der Waals surface area contributed by atoms with Crippen molar-refractivity contribution in [2.45, 2.75) is 6.92 Å². The number of carbonyl (C=O) groups excluding carboxylic acids is 2. The lowest BCUT2D eigenvalue weighted by atomic mass is 10.3. The van der Waals surface area contributed by atoms with Crippen LogP contribution in [0.25, 0.3) is 0 Å². The average molecular weight is 210 g/mol. The van der Waals surface area contributed by atoms with Crippen LogP contribution in [0, 0.1) is 0 Å². The van der Waals surface area contributed by atoms with E-state index < -0.39 is 0 Å². The van der Waals surface area contributed by atoms with Crippen LogP contribution in [0.15, 0.2) is 6.07 Å². The molecule has 6 heteroatoms. The Morgan fingerprint density at radius 2 is 2.27 bits per heavy atom. The molecule has 2 amide bonds. The topological polar surface area (TPSA) is 78.1 Å². The van der Waals surface area contributed by atoms with E-state index in [4.69, 9.17) is 0 Å². The molecule has 82 valence electrons. The van der Waals surface area contributed by atoms with Crippen LogP contribution in [-0.2, 0) is 0 Å². The van der Waals surface area contributed by atoms with E-state index >= 15 is 0 Å². The first-order valence-corrected chi connectivity index (χ1v) is 4.63. The third kappa shape index (κ3) is 2.34. The van der Waals surface area contributed by atoms with Crippen molar-refractivity contribution in [1.29, 1.82) is 0 Å². The highest BCUT2D eigenvalue weighted by Crippen LogP contribution is 2.02. The second-order valence-corrected chi connectivity index (χ2v) is 3.07. The number of hydrogen-bond donors (Lipinski definition) is 2. The third-order valence-electron chi connectivity index (χ3n) is 2.09. The predicted molar refractivity (Wildman–Crippen MR) is 54.6 cm³/mol. The molecule has 15 heavy (non-hydrogen) atoms. The molecule has 1 rings (SSSR count). The SMILES string of the molecule is CCN(C)C(=O)c1cc(C(=O)NC)n[nH]1. The summed E-state index contributed by atoms with van der Waals surface area (Å²) in [7, 11) is 3.19. The molecule has 6 nitrogen and oxygen atoms in total. The second-order valence-electron chi connectivity index (χ2n) is 3.07. The molecule has 1 heterocycles. The highest BCUT2D eigenvalue weighted by atomic mass is 16.2. The van der Waals surface area contributed by atoms with Crippen LogP contribution in [0.4, 0.5) is 0 Å². The third-order valence-corrected chi connectivity index (χ3v) is 2.09. The molecule has 0 radical (unpaired) electrons. The molecule has 2 N–H and O–H groups in total. The van der Waals surface area contributed by atoms with E-state index in [0.717, 1.165) is 0 Å². The average Bonchev–Trinajstić information content (AvgIpc) is 2.75. The first-order valence-electron chi connectivity index (χ1n) is 4.63. The van der Waals surface area contributed by atoms with Crippen molar-refractivity contribution >= 4 is 11.8 Å². The van der Waals surface area contributed by atoms with Gasteiger partial charge in [-0.05, 0) is 6.92 Å². The van der Waals surface area contributed by atoms with Gasteiger partial charge in [0.25, 0.3) is 11.8 Å². The fraction of sp³-hybridized carbons (Fsp3) is 0.444. The van der Waals surface area contributed by atoms with E-state index in [1.807, 2.05) is 6.92 Å². The van der Waals surface area contributed by atoms with E-state index in [9.17, 15) is 9.59 Å². The van der Waals surface area contributed by atoms with Crippen LogP contribution < -0.4 is 5.32 Å². The Morgan fingerprint density at radius 1 is 1.60 bits per heavy atom. The van der Waals surface area contributed by atoms with Crippen molar-refractivity contribution in [2.24, 2.45) is 0 Å². The van der Waals surface area contributed by atoms with E-state index in [1.165, 1.54) is 18.0 Å². The number of amides is 2. The number of H-pyrrole nitrogens is 1. The van der Waals surface area contributed by atoms with Crippen LogP contribution in [0.2, 0.25) is 0 Å². The van der Waals surface area contributed by atoms with Gasteiger partial charge in [-0.3, -0.25) is 14.7 Å². The number of hydrogen-bond acceptors (Lipinski definition) is 3. The summed E-state index contributed by atoms with van der Waals surface area (Å²) in [4.78, 5) is 24.3. The lowest BCUT2D eigenvalue weighted by Crippen LogP contribution is -2.26. The smallest absolute Gasteiger partial charge is 0.271 e. The van der Waals surface area contributed by atoms with Crippen molar-refractivity contribution < 1.29 is 9.59 Å². The Bertz CT molecular complexity index is 372. The normalized spacial score (nSPS) is 9.80.